The molecule has 21 heavy (non-hydrogen) atoms. The second-order valence-electron chi connectivity index (χ2n) is 4.70. The van der Waals surface area contributed by atoms with Crippen LogP contribution in [0.2, 0.25) is 0 Å². The fourth-order valence-electron chi connectivity index (χ4n) is 2.15. The summed E-state index contributed by atoms with van der Waals surface area (Å²) in [6.45, 7) is -0.101. The Kier molecular flexibility index (Phi) is 4.54. The van der Waals surface area contributed by atoms with E-state index in [2.05, 4.69) is 0 Å². The first-order chi connectivity index (χ1) is 9.87. The lowest BCUT2D eigenvalue weighted by Crippen LogP contribution is -2.53. The van der Waals surface area contributed by atoms with E-state index in [1.165, 1.54) is 11.0 Å². The molecule has 1 aromatic rings. The summed E-state index contributed by atoms with van der Waals surface area (Å²) in [7, 11) is 0. The Hall–Kier alpha value is -1.99. The van der Waals surface area contributed by atoms with Gasteiger partial charge in [-0.1, -0.05) is 12.1 Å². The quantitative estimate of drug-likeness (QED) is 0.851. The van der Waals surface area contributed by atoms with E-state index >= 15 is 0 Å². The predicted molar refractivity (Wildman–Crippen MR) is 69.6 cm³/mol. The summed E-state index contributed by atoms with van der Waals surface area (Å²) in [6, 6.07) is 5.52. The molecular formula is C13H15F4N3O. The zero-order chi connectivity index (χ0) is 15.5. The lowest BCUT2D eigenvalue weighted by Gasteiger charge is -2.36. The predicted octanol–water partition coefficient (Wildman–Crippen LogP) is 2.22. The topological polar surface area (TPSA) is 35.6 Å². The lowest BCUT2D eigenvalue weighted by atomic mass is 10.2. The van der Waals surface area contributed by atoms with Crippen molar-refractivity contribution in [2.75, 3.05) is 37.6 Å². The molecule has 1 aromatic carbocycles. The maximum absolute atomic E-state index is 13.6. The van der Waals surface area contributed by atoms with Gasteiger partial charge in [0.25, 0.3) is 0 Å². The smallest absolute Gasteiger partial charge is 0.366 e. The molecule has 8 heteroatoms. The maximum Gasteiger partial charge on any atom is 0.405 e. The molecule has 0 aromatic heterocycles. The summed E-state index contributed by atoms with van der Waals surface area (Å²) >= 11 is 0. The van der Waals surface area contributed by atoms with Gasteiger partial charge < -0.3 is 15.1 Å². The molecule has 1 N–H and O–H groups in total. The summed E-state index contributed by atoms with van der Waals surface area (Å²) < 4.78 is 49.7. The van der Waals surface area contributed by atoms with Gasteiger partial charge in [0.05, 0.1) is 5.69 Å². The van der Waals surface area contributed by atoms with Crippen LogP contribution in [0.4, 0.5) is 28.0 Å². The third-order valence-corrected chi connectivity index (χ3v) is 3.20. The van der Waals surface area contributed by atoms with Crippen LogP contribution in [0.3, 0.4) is 0 Å². The molecule has 1 aliphatic heterocycles. The molecule has 1 heterocycles. The van der Waals surface area contributed by atoms with Crippen LogP contribution in [0, 0.1) is 5.82 Å². The van der Waals surface area contributed by atoms with E-state index in [4.69, 9.17) is 0 Å². The Morgan fingerprint density at radius 2 is 1.76 bits per heavy atom. The summed E-state index contributed by atoms with van der Waals surface area (Å²) in [5.41, 5.74) is 0.438. The van der Waals surface area contributed by atoms with Gasteiger partial charge in [0.15, 0.2) is 0 Å². The van der Waals surface area contributed by atoms with Crippen molar-refractivity contribution in [3.8, 4) is 0 Å². The second kappa shape index (κ2) is 6.19. The normalized spacial score (nSPS) is 16.0. The molecule has 2 rings (SSSR count). The second-order valence-corrected chi connectivity index (χ2v) is 4.70. The largest absolute Gasteiger partial charge is 0.405 e. The van der Waals surface area contributed by atoms with Crippen molar-refractivity contribution in [3.63, 3.8) is 0 Å². The van der Waals surface area contributed by atoms with Crippen LogP contribution in [0.1, 0.15) is 0 Å². The number of alkyl halides is 3. The number of benzene rings is 1. The van der Waals surface area contributed by atoms with Gasteiger partial charge in [-0.2, -0.15) is 13.2 Å². The highest BCUT2D eigenvalue weighted by Crippen LogP contribution is 2.20. The molecule has 0 bridgehead atoms. The molecule has 0 unspecified atom stereocenters. The highest BCUT2D eigenvalue weighted by Gasteiger charge is 2.29. The van der Waals surface area contributed by atoms with Gasteiger partial charge in [0, 0.05) is 26.2 Å². The average Bonchev–Trinajstić information content (AvgIpc) is 2.45. The Balaban J connectivity index is 1.86. The number of rotatable bonds is 2. The molecule has 0 radical (unpaired) electrons. The number of halogens is 4. The van der Waals surface area contributed by atoms with Crippen molar-refractivity contribution >= 4 is 11.7 Å². The van der Waals surface area contributed by atoms with Crippen molar-refractivity contribution < 1.29 is 22.4 Å². The first-order valence-electron chi connectivity index (χ1n) is 6.46. The number of carbonyl (C=O) groups is 1. The number of amides is 2. The van der Waals surface area contributed by atoms with Gasteiger partial charge in [-0.05, 0) is 12.1 Å². The van der Waals surface area contributed by atoms with E-state index < -0.39 is 18.8 Å². The molecule has 0 atom stereocenters. The number of urea groups is 1. The monoisotopic (exact) mass is 305 g/mol. The van der Waals surface area contributed by atoms with Gasteiger partial charge in [-0.25, -0.2) is 9.18 Å². The minimum atomic E-state index is -4.43. The van der Waals surface area contributed by atoms with E-state index in [1.54, 1.807) is 23.1 Å². The molecule has 1 saturated heterocycles. The summed E-state index contributed by atoms with van der Waals surface area (Å²) in [6.07, 6.45) is -4.43. The van der Waals surface area contributed by atoms with Crippen LogP contribution < -0.4 is 10.2 Å². The van der Waals surface area contributed by atoms with Gasteiger partial charge in [0.2, 0.25) is 0 Å². The summed E-state index contributed by atoms with van der Waals surface area (Å²) in [5.74, 6) is -0.354. The summed E-state index contributed by atoms with van der Waals surface area (Å²) in [4.78, 5) is 14.6. The first-order valence-corrected chi connectivity index (χ1v) is 6.46. The van der Waals surface area contributed by atoms with Crippen LogP contribution >= 0.6 is 0 Å². The number of carbonyl (C=O) groups excluding carboxylic acids is 1. The third-order valence-electron chi connectivity index (χ3n) is 3.20. The minimum Gasteiger partial charge on any atom is -0.366 e. The van der Waals surface area contributed by atoms with Crippen molar-refractivity contribution in [1.82, 2.24) is 10.2 Å². The van der Waals surface area contributed by atoms with Crippen LogP contribution in [0.15, 0.2) is 24.3 Å². The SMILES string of the molecule is O=C(NCC(F)(F)F)N1CCN(c2ccccc2F)CC1. The molecule has 0 saturated carbocycles. The van der Waals surface area contributed by atoms with Crippen molar-refractivity contribution in [2.45, 2.75) is 6.18 Å². The zero-order valence-corrected chi connectivity index (χ0v) is 11.2. The highest BCUT2D eigenvalue weighted by atomic mass is 19.4. The Morgan fingerprint density at radius 3 is 2.33 bits per heavy atom. The Labute approximate surface area is 119 Å². The molecule has 1 fully saturated rings. The average molecular weight is 305 g/mol. The van der Waals surface area contributed by atoms with E-state index in [-0.39, 0.29) is 18.9 Å². The molecule has 0 spiro atoms. The first kappa shape index (κ1) is 15.4. The molecular weight excluding hydrogens is 290 g/mol. The van der Waals surface area contributed by atoms with Crippen molar-refractivity contribution in [2.24, 2.45) is 0 Å². The number of hydrogen-bond acceptors (Lipinski definition) is 2. The Morgan fingerprint density at radius 1 is 1.14 bits per heavy atom. The number of anilines is 1. The fraction of sp³-hybridized carbons (Fsp3) is 0.462. The van der Waals surface area contributed by atoms with Crippen molar-refractivity contribution in [3.05, 3.63) is 30.1 Å². The van der Waals surface area contributed by atoms with Crippen LogP contribution in [-0.2, 0) is 0 Å². The van der Waals surface area contributed by atoms with Crippen LogP contribution in [0.5, 0.6) is 0 Å². The number of piperazine rings is 1. The third kappa shape index (κ3) is 4.24. The highest BCUT2D eigenvalue weighted by molar-refractivity contribution is 5.74. The van der Waals surface area contributed by atoms with Gasteiger partial charge in [0.1, 0.15) is 12.4 Å². The molecule has 2 amide bonds. The number of nitrogens with one attached hydrogen (secondary N) is 1. The summed E-state index contributed by atoms with van der Waals surface area (Å²) in [5, 5.41) is 1.83. The maximum atomic E-state index is 13.6. The zero-order valence-electron chi connectivity index (χ0n) is 11.2. The Bertz CT molecular complexity index is 498. The van der Waals surface area contributed by atoms with Crippen LogP contribution in [0.25, 0.3) is 0 Å². The number of hydrogen-bond donors (Lipinski definition) is 1. The van der Waals surface area contributed by atoms with E-state index in [9.17, 15) is 22.4 Å². The van der Waals surface area contributed by atoms with Crippen molar-refractivity contribution in [1.29, 1.82) is 0 Å². The fourth-order valence-corrected chi connectivity index (χ4v) is 2.15. The minimum absolute atomic E-state index is 0.248. The lowest BCUT2D eigenvalue weighted by molar-refractivity contribution is -0.123. The van der Waals surface area contributed by atoms with E-state index in [0.29, 0.717) is 18.8 Å². The molecule has 116 valence electrons. The number of para-hydroxylation sites is 1. The molecule has 4 nitrogen and oxygen atoms in total. The van der Waals surface area contributed by atoms with E-state index in [0.717, 1.165) is 0 Å². The van der Waals surface area contributed by atoms with Crippen LogP contribution in [-0.4, -0.2) is 49.8 Å². The van der Waals surface area contributed by atoms with E-state index in [1.807, 2.05) is 5.32 Å². The standard InChI is InChI=1S/C13H15F4N3O/c14-10-3-1-2-4-11(10)19-5-7-20(8-6-19)12(21)18-9-13(15,16)17/h1-4H,5-9H2,(H,18,21). The molecule has 0 aliphatic carbocycles. The van der Waals surface area contributed by atoms with Gasteiger partial charge in [-0.15, -0.1) is 0 Å². The van der Waals surface area contributed by atoms with Gasteiger partial charge >= 0.3 is 12.2 Å². The van der Waals surface area contributed by atoms with Gasteiger partial charge in [-0.3, -0.25) is 0 Å². The molecule has 1 aliphatic rings. The number of nitrogens with zero attached hydrogens (tertiary/aromatic N) is 2.